The standard InChI is InChI=1S/C20H24FN3O3S/c1-20(2,17-5-3-4-6-18(17)21)24-13-11-23(12-14-24)19(25)15-7-9-16(10-8-15)22-28(26)27/h3-10,22H,11-14H2,1-2H3,(H,26,27)/p-1. The Kier molecular flexibility index (Phi) is 6.12. The third-order valence-corrected chi connectivity index (χ3v) is 5.63. The first-order valence-corrected chi connectivity index (χ1v) is 10.1. The van der Waals surface area contributed by atoms with E-state index in [0.29, 0.717) is 43.0 Å². The zero-order chi connectivity index (χ0) is 20.3. The number of carbonyl (C=O) groups excluding carboxylic acids is 1. The lowest BCUT2D eigenvalue weighted by molar-refractivity contribution is 0.0381. The molecule has 1 unspecified atom stereocenters. The second-order valence-corrected chi connectivity index (χ2v) is 7.91. The summed E-state index contributed by atoms with van der Waals surface area (Å²) in [6, 6.07) is 13.1. The van der Waals surface area contributed by atoms with Gasteiger partial charge in [-0.05, 0) is 44.2 Å². The maximum absolute atomic E-state index is 14.2. The molecule has 1 aliphatic rings. The Bertz CT molecular complexity index is 865. The van der Waals surface area contributed by atoms with Crippen LogP contribution in [-0.4, -0.2) is 50.6 Å². The summed E-state index contributed by atoms with van der Waals surface area (Å²) < 4.78 is 37.8. The van der Waals surface area contributed by atoms with Crippen molar-refractivity contribution >= 4 is 22.9 Å². The van der Waals surface area contributed by atoms with Crippen LogP contribution in [0.2, 0.25) is 0 Å². The number of piperazine rings is 1. The second-order valence-electron chi connectivity index (χ2n) is 7.23. The highest BCUT2D eigenvalue weighted by Crippen LogP contribution is 2.30. The van der Waals surface area contributed by atoms with E-state index < -0.39 is 16.8 Å². The number of hydrogen-bond acceptors (Lipinski definition) is 4. The average molecular weight is 404 g/mol. The van der Waals surface area contributed by atoms with Gasteiger partial charge in [0.2, 0.25) is 0 Å². The van der Waals surface area contributed by atoms with Gasteiger partial charge in [0, 0.05) is 59.8 Å². The second kappa shape index (κ2) is 8.38. The van der Waals surface area contributed by atoms with Crippen molar-refractivity contribution in [3.63, 3.8) is 0 Å². The van der Waals surface area contributed by atoms with Gasteiger partial charge < -0.3 is 14.2 Å². The Morgan fingerprint density at radius 2 is 1.68 bits per heavy atom. The van der Waals surface area contributed by atoms with E-state index in [1.54, 1.807) is 41.3 Å². The fourth-order valence-corrected chi connectivity index (χ4v) is 3.88. The van der Waals surface area contributed by atoms with Gasteiger partial charge in [-0.2, -0.15) is 0 Å². The van der Waals surface area contributed by atoms with Crippen LogP contribution in [0.15, 0.2) is 48.5 Å². The van der Waals surface area contributed by atoms with Gasteiger partial charge in [0.1, 0.15) is 5.82 Å². The largest absolute Gasteiger partial charge is 0.755 e. The summed E-state index contributed by atoms with van der Waals surface area (Å²) >= 11 is -2.40. The van der Waals surface area contributed by atoms with Gasteiger partial charge in [-0.15, -0.1) is 0 Å². The zero-order valence-electron chi connectivity index (χ0n) is 15.9. The molecule has 8 heteroatoms. The monoisotopic (exact) mass is 404 g/mol. The maximum Gasteiger partial charge on any atom is 0.253 e. The van der Waals surface area contributed by atoms with Gasteiger partial charge >= 0.3 is 0 Å². The number of carbonyl (C=O) groups is 1. The summed E-state index contributed by atoms with van der Waals surface area (Å²) in [5, 5.41) is 0. The maximum atomic E-state index is 14.2. The lowest BCUT2D eigenvalue weighted by Crippen LogP contribution is -2.54. The van der Waals surface area contributed by atoms with Crippen LogP contribution in [0.4, 0.5) is 10.1 Å². The van der Waals surface area contributed by atoms with Crippen LogP contribution in [-0.2, 0) is 16.8 Å². The fraction of sp³-hybridized carbons (Fsp3) is 0.350. The molecular weight excluding hydrogens is 381 g/mol. The minimum Gasteiger partial charge on any atom is -0.755 e. The van der Waals surface area contributed by atoms with Gasteiger partial charge in [0.05, 0.1) is 0 Å². The highest BCUT2D eigenvalue weighted by atomic mass is 32.2. The van der Waals surface area contributed by atoms with Gasteiger partial charge in [-0.3, -0.25) is 13.9 Å². The Morgan fingerprint density at radius 3 is 2.25 bits per heavy atom. The topological polar surface area (TPSA) is 75.7 Å². The molecule has 1 heterocycles. The molecule has 2 aromatic carbocycles. The summed E-state index contributed by atoms with van der Waals surface area (Å²) in [6.45, 7) is 6.36. The minimum atomic E-state index is -2.40. The molecular formula is C20H23FN3O3S-. The Balaban J connectivity index is 1.64. The molecule has 6 nitrogen and oxygen atoms in total. The number of rotatable bonds is 5. The molecule has 28 heavy (non-hydrogen) atoms. The van der Waals surface area contributed by atoms with Crippen molar-refractivity contribution in [1.82, 2.24) is 9.80 Å². The van der Waals surface area contributed by atoms with Crippen molar-refractivity contribution in [3.05, 3.63) is 65.5 Å². The van der Waals surface area contributed by atoms with Crippen molar-refractivity contribution < 1.29 is 17.9 Å². The van der Waals surface area contributed by atoms with Crippen LogP contribution in [0.1, 0.15) is 29.8 Å². The first-order valence-electron chi connectivity index (χ1n) is 9.04. The van der Waals surface area contributed by atoms with E-state index in [2.05, 4.69) is 9.62 Å². The molecule has 1 atom stereocenters. The molecule has 0 radical (unpaired) electrons. The fourth-order valence-electron chi connectivity index (χ4n) is 3.56. The van der Waals surface area contributed by atoms with Gasteiger partial charge in [-0.1, -0.05) is 18.2 Å². The Morgan fingerprint density at radius 1 is 1.07 bits per heavy atom. The van der Waals surface area contributed by atoms with Crippen LogP contribution >= 0.6 is 0 Å². The highest BCUT2D eigenvalue weighted by molar-refractivity contribution is 7.80. The van der Waals surface area contributed by atoms with Crippen molar-refractivity contribution in [2.45, 2.75) is 19.4 Å². The summed E-state index contributed by atoms with van der Waals surface area (Å²) in [5.74, 6) is -0.322. The lowest BCUT2D eigenvalue weighted by Gasteiger charge is -2.44. The molecule has 1 saturated heterocycles. The number of benzene rings is 2. The normalized spacial score (nSPS) is 16.6. The number of amides is 1. The van der Waals surface area contributed by atoms with Crippen molar-refractivity contribution in [2.24, 2.45) is 0 Å². The van der Waals surface area contributed by atoms with Gasteiger partial charge in [-0.25, -0.2) is 4.39 Å². The molecule has 0 aliphatic carbocycles. The molecule has 0 spiro atoms. The predicted molar refractivity (Wildman–Crippen MR) is 106 cm³/mol. The number of anilines is 1. The molecule has 0 aromatic heterocycles. The summed E-state index contributed by atoms with van der Waals surface area (Å²) in [6.07, 6.45) is 0. The van der Waals surface area contributed by atoms with E-state index in [1.165, 1.54) is 6.07 Å². The van der Waals surface area contributed by atoms with E-state index in [1.807, 2.05) is 19.9 Å². The molecule has 3 rings (SSSR count). The van der Waals surface area contributed by atoms with Crippen molar-refractivity contribution in [3.8, 4) is 0 Å². The third-order valence-electron chi connectivity index (χ3n) is 5.22. The van der Waals surface area contributed by atoms with E-state index in [-0.39, 0.29) is 11.7 Å². The van der Waals surface area contributed by atoms with E-state index in [9.17, 15) is 17.9 Å². The van der Waals surface area contributed by atoms with E-state index >= 15 is 0 Å². The number of nitrogens with one attached hydrogen (secondary N) is 1. The van der Waals surface area contributed by atoms with Crippen molar-refractivity contribution in [1.29, 1.82) is 0 Å². The molecule has 0 saturated carbocycles. The SMILES string of the molecule is CC(C)(c1ccccc1F)N1CCN(C(=O)c2ccc(NS(=O)[O-])cc2)CC1. The average Bonchev–Trinajstić information content (AvgIpc) is 2.68. The smallest absolute Gasteiger partial charge is 0.253 e. The Labute approximate surface area is 166 Å². The van der Waals surface area contributed by atoms with Gasteiger partial charge in [0.15, 0.2) is 0 Å². The highest BCUT2D eigenvalue weighted by Gasteiger charge is 2.34. The number of nitrogens with zero attached hydrogens (tertiary/aromatic N) is 2. The van der Waals surface area contributed by atoms with Gasteiger partial charge in [0.25, 0.3) is 5.91 Å². The molecule has 1 aliphatic heterocycles. The minimum absolute atomic E-state index is 0.0989. The van der Waals surface area contributed by atoms with E-state index in [4.69, 9.17) is 0 Å². The first-order chi connectivity index (χ1) is 13.3. The van der Waals surface area contributed by atoms with Crippen LogP contribution in [0.5, 0.6) is 0 Å². The zero-order valence-corrected chi connectivity index (χ0v) is 16.7. The molecule has 1 amide bonds. The van der Waals surface area contributed by atoms with Crippen LogP contribution in [0, 0.1) is 5.82 Å². The summed E-state index contributed by atoms with van der Waals surface area (Å²) in [7, 11) is 0. The summed E-state index contributed by atoms with van der Waals surface area (Å²) in [5.41, 5.74) is 1.08. The molecule has 2 aromatic rings. The Hall–Kier alpha value is -2.29. The summed E-state index contributed by atoms with van der Waals surface area (Å²) in [4.78, 5) is 16.7. The predicted octanol–water partition coefficient (Wildman–Crippen LogP) is 2.72. The lowest BCUT2D eigenvalue weighted by atomic mass is 9.91. The quantitative estimate of drug-likeness (QED) is 0.778. The van der Waals surface area contributed by atoms with Crippen LogP contribution in [0.3, 0.4) is 0 Å². The number of halogens is 1. The molecule has 1 fully saturated rings. The van der Waals surface area contributed by atoms with Crippen LogP contribution < -0.4 is 4.72 Å². The molecule has 1 N–H and O–H groups in total. The van der Waals surface area contributed by atoms with Crippen LogP contribution in [0.25, 0.3) is 0 Å². The molecule has 0 bridgehead atoms. The third kappa shape index (κ3) is 4.40. The first kappa shape index (κ1) is 20.4. The number of hydrogen-bond donors (Lipinski definition) is 1. The van der Waals surface area contributed by atoms with Crippen molar-refractivity contribution in [2.75, 3.05) is 30.9 Å². The van der Waals surface area contributed by atoms with E-state index in [0.717, 1.165) is 0 Å². The molecule has 150 valence electrons.